The first-order valence-corrected chi connectivity index (χ1v) is 16.5. The summed E-state index contributed by atoms with van der Waals surface area (Å²) < 4.78 is 34.2. The number of benzene rings is 1. The number of amides is 1. The Morgan fingerprint density at radius 1 is 0.956 bits per heavy atom. The lowest BCUT2D eigenvalue weighted by Crippen LogP contribution is -2.54. The molecule has 1 aromatic carbocycles. The Morgan fingerprint density at radius 3 is 2.18 bits per heavy atom. The summed E-state index contributed by atoms with van der Waals surface area (Å²) in [4.78, 5) is 37.9. The average molecular weight is 652 g/mol. The zero-order valence-corrected chi connectivity index (χ0v) is 27.6. The number of hydrogen-bond acceptors (Lipinski definition) is 10. The second-order valence-electron chi connectivity index (χ2n) is 12.6. The summed E-state index contributed by atoms with van der Waals surface area (Å²) in [5, 5.41) is 12.7. The predicted octanol–water partition coefficient (Wildman–Crippen LogP) is 5.67. The molecule has 0 aliphatic rings. The van der Waals surface area contributed by atoms with Crippen LogP contribution < -0.4 is 10.6 Å². The Kier molecular flexibility index (Phi) is 9.48. The molecule has 0 radical (unpaired) electrons. The molecule has 45 heavy (non-hydrogen) atoms. The minimum atomic E-state index is -4.42. The highest BCUT2D eigenvalue weighted by molar-refractivity contribution is 7.92. The van der Waals surface area contributed by atoms with Gasteiger partial charge in [-0.3, -0.25) is 0 Å². The van der Waals surface area contributed by atoms with Gasteiger partial charge in [-0.05, 0) is 56.0 Å². The Morgan fingerprint density at radius 2 is 1.64 bits per heavy atom. The molecule has 13 heteroatoms. The minimum absolute atomic E-state index is 0.110. The maximum atomic E-state index is 14.3. The third-order valence-corrected chi connectivity index (χ3v) is 9.74. The molecule has 3 heterocycles. The van der Waals surface area contributed by atoms with Gasteiger partial charge in [0.25, 0.3) is 0 Å². The van der Waals surface area contributed by atoms with Crippen LogP contribution in [0.4, 0.5) is 10.6 Å². The number of pyridine rings is 2. The number of aliphatic carboxylic acids is 1. The monoisotopic (exact) mass is 651 g/mol. The largest absolute Gasteiger partial charge is 0.480 e. The topological polar surface area (TPSA) is 166 Å². The third-order valence-electron chi connectivity index (χ3n) is 6.81. The Bertz CT molecular complexity index is 1750. The van der Waals surface area contributed by atoms with Crippen molar-refractivity contribution in [3.05, 3.63) is 89.7 Å². The van der Waals surface area contributed by atoms with Gasteiger partial charge in [0.2, 0.25) is 9.84 Å². The zero-order valence-electron chi connectivity index (χ0n) is 26.0. The summed E-state index contributed by atoms with van der Waals surface area (Å²) >= 11 is 1.47. The highest BCUT2D eigenvalue weighted by Gasteiger charge is 2.47. The van der Waals surface area contributed by atoms with E-state index in [1.807, 2.05) is 17.5 Å². The number of nitrogens with two attached hydrogens (primary N) is 1. The van der Waals surface area contributed by atoms with Crippen LogP contribution >= 0.6 is 11.3 Å². The Labute approximate surface area is 267 Å². The van der Waals surface area contributed by atoms with E-state index in [0.29, 0.717) is 5.56 Å². The van der Waals surface area contributed by atoms with E-state index in [9.17, 15) is 23.1 Å². The third kappa shape index (κ3) is 7.38. The molecular weight excluding hydrogens is 615 g/mol. The quantitative estimate of drug-likeness (QED) is 0.230. The van der Waals surface area contributed by atoms with Crippen molar-refractivity contribution in [3.8, 4) is 10.6 Å². The molecule has 3 aromatic heterocycles. The van der Waals surface area contributed by atoms with Crippen molar-refractivity contribution in [1.82, 2.24) is 15.0 Å². The van der Waals surface area contributed by atoms with Gasteiger partial charge in [-0.25, -0.2) is 37.9 Å². The van der Waals surface area contributed by atoms with Gasteiger partial charge in [0.1, 0.15) is 22.5 Å². The molecule has 0 saturated carbocycles. The molecular formula is C32H37N5O6S2. The average Bonchev–Trinajstić information content (AvgIpc) is 3.50. The lowest BCUT2D eigenvalue weighted by Gasteiger charge is -2.37. The first kappa shape index (κ1) is 33.7. The smallest absolute Gasteiger partial charge is 0.416 e. The SMILES string of the molecule is CC(C)(C)OC(=O)N(c1cccc(C(N)(Cc2ccc(-c3nccs3)cc2)S(=O)(=O)c2ccccn2)n1)C(C(=O)O)C(C)(C)C. The van der Waals surface area contributed by atoms with Crippen LogP contribution in [0.5, 0.6) is 0 Å². The van der Waals surface area contributed by atoms with Gasteiger partial charge in [0, 0.05) is 29.8 Å². The van der Waals surface area contributed by atoms with E-state index in [-0.39, 0.29) is 23.0 Å². The number of hydrogen-bond donors (Lipinski definition) is 2. The van der Waals surface area contributed by atoms with E-state index in [4.69, 9.17) is 10.5 Å². The molecule has 3 N–H and O–H groups in total. The molecule has 1 amide bonds. The van der Waals surface area contributed by atoms with Gasteiger partial charge in [-0.2, -0.15) is 0 Å². The number of carboxylic acids is 1. The molecule has 11 nitrogen and oxygen atoms in total. The van der Waals surface area contributed by atoms with Gasteiger partial charge >= 0.3 is 12.1 Å². The van der Waals surface area contributed by atoms with E-state index in [0.717, 1.165) is 15.5 Å². The van der Waals surface area contributed by atoms with Crippen LogP contribution in [-0.2, 0) is 30.7 Å². The van der Waals surface area contributed by atoms with E-state index in [2.05, 4.69) is 15.0 Å². The van der Waals surface area contributed by atoms with Gasteiger partial charge < -0.3 is 15.6 Å². The lowest BCUT2D eigenvalue weighted by molar-refractivity contribution is -0.141. The summed E-state index contributed by atoms with van der Waals surface area (Å²) in [6.07, 6.45) is 1.88. The van der Waals surface area contributed by atoms with E-state index in [1.165, 1.54) is 47.9 Å². The number of carbonyl (C=O) groups excluding carboxylic acids is 1. The molecule has 238 valence electrons. The van der Waals surface area contributed by atoms with Gasteiger partial charge in [0.05, 0.1) is 5.69 Å². The van der Waals surface area contributed by atoms with Crippen LogP contribution in [0.2, 0.25) is 0 Å². The number of nitrogens with zero attached hydrogens (tertiary/aromatic N) is 4. The maximum absolute atomic E-state index is 14.3. The van der Waals surface area contributed by atoms with Crippen molar-refractivity contribution in [2.75, 3.05) is 4.90 Å². The van der Waals surface area contributed by atoms with Crippen LogP contribution in [0.3, 0.4) is 0 Å². The van der Waals surface area contributed by atoms with Crippen LogP contribution in [0.15, 0.2) is 83.5 Å². The van der Waals surface area contributed by atoms with Crippen molar-refractivity contribution in [3.63, 3.8) is 0 Å². The predicted molar refractivity (Wildman–Crippen MR) is 172 cm³/mol. The molecule has 0 spiro atoms. The van der Waals surface area contributed by atoms with E-state index >= 15 is 0 Å². The lowest BCUT2D eigenvalue weighted by atomic mass is 9.85. The number of thiazole rings is 1. The van der Waals surface area contributed by atoms with Crippen molar-refractivity contribution >= 4 is 39.1 Å². The fourth-order valence-corrected chi connectivity index (χ4v) is 6.97. The fourth-order valence-electron chi connectivity index (χ4n) is 4.75. The second-order valence-corrected chi connectivity index (χ2v) is 15.7. The molecule has 0 aliphatic carbocycles. The summed E-state index contributed by atoms with van der Waals surface area (Å²) in [5.74, 6) is -1.42. The number of carboxylic acid groups (broad SMARTS) is 1. The van der Waals surface area contributed by atoms with Crippen LogP contribution in [0.25, 0.3) is 10.6 Å². The molecule has 0 bridgehead atoms. The minimum Gasteiger partial charge on any atom is -0.480 e. The highest BCUT2D eigenvalue weighted by Crippen LogP contribution is 2.36. The Hall–Kier alpha value is -4.20. The number of anilines is 1. The Balaban J connectivity index is 1.89. The van der Waals surface area contributed by atoms with Crippen molar-refractivity contribution in [2.24, 2.45) is 11.1 Å². The van der Waals surface area contributed by atoms with Gasteiger partial charge in [-0.15, -0.1) is 11.3 Å². The maximum Gasteiger partial charge on any atom is 0.416 e. The molecule has 4 rings (SSSR count). The van der Waals surface area contributed by atoms with Crippen LogP contribution in [-0.4, -0.2) is 52.2 Å². The molecule has 2 unspecified atom stereocenters. The fraction of sp³-hybridized carbons (Fsp3) is 0.344. The first-order chi connectivity index (χ1) is 20.9. The van der Waals surface area contributed by atoms with Gasteiger partial charge in [-0.1, -0.05) is 57.2 Å². The standard InChI is InChI=1S/C32H37N5O6S2/c1-30(2,3)26(28(38)39)37(29(40)43-31(4,5)6)24-11-9-10-23(36-24)32(33,45(41,42)25-12-7-8-17-34-25)20-21-13-15-22(16-14-21)27-35-18-19-44-27/h7-19,26H,20,33H2,1-6H3,(H,38,39). The molecule has 2 atom stereocenters. The number of carbonyl (C=O) groups is 2. The number of ether oxygens (including phenoxy) is 1. The molecule has 0 fully saturated rings. The van der Waals surface area contributed by atoms with Crippen LogP contribution in [0, 0.1) is 5.41 Å². The van der Waals surface area contributed by atoms with Crippen molar-refractivity contribution in [1.29, 1.82) is 0 Å². The molecule has 4 aromatic rings. The number of rotatable bonds is 9. The summed E-state index contributed by atoms with van der Waals surface area (Å²) in [6, 6.07) is 14.6. The van der Waals surface area contributed by atoms with E-state index in [1.54, 1.807) is 65.9 Å². The van der Waals surface area contributed by atoms with Crippen molar-refractivity contribution in [2.45, 2.75) is 69.5 Å². The summed E-state index contributed by atoms with van der Waals surface area (Å²) in [7, 11) is -4.42. The highest BCUT2D eigenvalue weighted by atomic mass is 32.2. The molecule has 0 saturated heterocycles. The number of aromatic nitrogens is 3. The molecule has 0 aliphatic heterocycles. The second kappa shape index (κ2) is 12.7. The van der Waals surface area contributed by atoms with Crippen LogP contribution in [0.1, 0.15) is 52.8 Å². The summed E-state index contributed by atoms with van der Waals surface area (Å²) in [5.41, 5.74) is 6.32. The number of sulfone groups is 1. The normalized spacial score (nSPS) is 14.3. The zero-order chi connectivity index (χ0) is 33.2. The summed E-state index contributed by atoms with van der Waals surface area (Å²) in [6.45, 7) is 9.97. The van der Waals surface area contributed by atoms with Crippen molar-refractivity contribution < 1.29 is 27.9 Å². The van der Waals surface area contributed by atoms with Gasteiger partial charge in [0.15, 0.2) is 9.90 Å². The first-order valence-electron chi connectivity index (χ1n) is 14.1. The van der Waals surface area contributed by atoms with E-state index < -0.39 is 43.8 Å².